The molecule has 6 nitrogen and oxygen atoms in total. The Hall–Kier alpha value is -2.08. The second-order valence-corrected chi connectivity index (χ2v) is 5.56. The zero-order valence-corrected chi connectivity index (χ0v) is 12.7. The number of alkyl carbamates (subject to hydrolysis) is 1. The van der Waals surface area contributed by atoms with Gasteiger partial charge >= 0.3 is 12.1 Å². The van der Waals surface area contributed by atoms with E-state index in [2.05, 4.69) is 5.32 Å². The SMILES string of the molecule is CC(=O)Oc1ccc(C(O)CNC(=O)OC(C)(C)C)cc1. The fourth-order valence-electron chi connectivity index (χ4n) is 1.54. The summed E-state index contributed by atoms with van der Waals surface area (Å²) in [5.74, 6) is -0.00607. The van der Waals surface area contributed by atoms with E-state index >= 15 is 0 Å². The number of carbonyl (C=O) groups excluding carboxylic acids is 2. The van der Waals surface area contributed by atoms with Crippen molar-refractivity contribution in [2.45, 2.75) is 39.4 Å². The van der Waals surface area contributed by atoms with Crippen molar-refractivity contribution in [3.8, 4) is 5.75 Å². The van der Waals surface area contributed by atoms with Gasteiger partial charge in [0, 0.05) is 6.92 Å². The van der Waals surface area contributed by atoms with E-state index in [0.717, 1.165) is 0 Å². The van der Waals surface area contributed by atoms with Gasteiger partial charge in [-0.25, -0.2) is 4.79 Å². The maximum Gasteiger partial charge on any atom is 0.407 e. The lowest BCUT2D eigenvalue weighted by Gasteiger charge is -2.20. The van der Waals surface area contributed by atoms with Crippen LogP contribution in [0.4, 0.5) is 4.79 Å². The largest absolute Gasteiger partial charge is 0.444 e. The molecule has 0 aliphatic heterocycles. The van der Waals surface area contributed by atoms with Crippen molar-refractivity contribution in [3.63, 3.8) is 0 Å². The lowest BCUT2D eigenvalue weighted by Crippen LogP contribution is -2.34. The molecule has 1 unspecified atom stereocenters. The standard InChI is InChI=1S/C15H21NO5/c1-10(17)20-12-7-5-11(6-8-12)13(18)9-16-14(19)21-15(2,3)4/h5-8,13,18H,9H2,1-4H3,(H,16,19). The fraction of sp³-hybridized carbons (Fsp3) is 0.467. The van der Waals surface area contributed by atoms with Crippen LogP contribution in [0.5, 0.6) is 5.75 Å². The van der Waals surface area contributed by atoms with Crippen molar-refractivity contribution in [2.24, 2.45) is 0 Å². The maximum absolute atomic E-state index is 11.5. The Morgan fingerprint density at radius 3 is 2.29 bits per heavy atom. The van der Waals surface area contributed by atoms with Crippen LogP contribution in [0.15, 0.2) is 24.3 Å². The molecule has 0 fully saturated rings. The molecule has 0 saturated heterocycles. The van der Waals surface area contributed by atoms with E-state index in [1.807, 2.05) is 0 Å². The van der Waals surface area contributed by atoms with Gasteiger partial charge < -0.3 is 19.9 Å². The summed E-state index contributed by atoms with van der Waals surface area (Å²) in [5, 5.41) is 12.5. The molecule has 2 N–H and O–H groups in total. The van der Waals surface area contributed by atoms with E-state index < -0.39 is 23.8 Å². The number of rotatable bonds is 4. The molecule has 116 valence electrons. The first-order chi connectivity index (χ1) is 9.67. The minimum Gasteiger partial charge on any atom is -0.444 e. The molecule has 6 heteroatoms. The van der Waals surface area contributed by atoms with Gasteiger partial charge in [-0.05, 0) is 38.5 Å². The normalized spacial score (nSPS) is 12.4. The first kappa shape index (κ1) is 17.0. The number of hydrogen-bond acceptors (Lipinski definition) is 5. The van der Waals surface area contributed by atoms with Gasteiger partial charge in [0.15, 0.2) is 0 Å². The van der Waals surface area contributed by atoms with Gasteiger partial charge in [0.05, 0.1) is 12.6 Å². The van der Waals surface area contributed by atoms with E-state index in [1.165, 1.54) is 6.92 Å². The second-order valence-electron chi connectivity index (χ2n) is 5.56. The van der Waals surface area contributed by atoms with E-state index in [0.29, 0.717) is 11.3 Å². The first-order valence-corrected chi connectivity index (χ1v) is 6.60. The van der Waals surface area contributed by atoms with E-state index in [9.17, 15) is 14.7 Å². The molecule has 1 amide bonds. The monoisotopic (exact) mass is 295 g/mol. The lowest BCUT2D eigenvalue weighted by atomic mass is 10.1. The fourth-order valence-corrected chi connectivity index (χ4v) is 1.54. The van der Waals surface area contributed by atoms with E-state index in [4.69, 9.17) is 9.47 Å². The Kier molecular flexibility index (Phi) is 5.72. The molecule has 0 bridgehead atoms. The number of esters is 1. The van der Waals surface area contributed by atoms with E-state index in [1.54, 1.807) is 45.0 Å². The van der Waals surface area contributed by atoms with Crippen LogP contribution in [0.25, 0.3) is 0 Å². The molecular formula is C15H21NO5. The molecule has 0 saturated carbocycles. The van der Waals surface area contributed by atoms with Crippen LogP contribution in [0.3, 0.4) is 0 Å². The van der Waals surface area contributed by atoms with Crippen molar-refractivity contribution in [1.29, 1.82) is 0 Å². The predicted octanol–water partition coefficient (Wildman–Crippen LogP) is 2.17. The van der Waals surface area contributed by atoms with E-state index in [-0.39, 0.29) is 6.54 Å². The first-order valence-electron chi connectivity index (χ1n) is 6.60. The van der Waals surface area contributed by atoms with Gasteiger partial charge in [-0.3, -0.25) is 4.79 Å². The molecule has 0 aromatic heterocycles. The van der Waals surface area contributed by atoms with Crippen LogP contribution in [0, 0.1) is 0 Å². The molecule has 0 radical (unpaired) electrons. The summed E-state index contributed by atoms with van der Waals surface area (Å²) in [7, 11) is 0. The summed E-state index contributed by atoms with van der Waals surface area (Å²) < 4.78 is 9.96. The lowest BCUT2D eigenvalue weighted by molar-refractivity contribution is -0.131. The van der Waals surface area contributed by atoms with Gasteiger partial charge in [-0.1, -0.05) is 12.1 Å². The topological polar surface area (TPSA) is 84.9 Å². The minimum atomic E-state index is -0.871. The molecule has 0 spiro atoms. The third-order valence-corrected chi connectivity index (χ3v) is 2.37. The third-order valence-electron chi connectivity index (χ3n) is 2.37. The van der Waals surface area contributed by atoms with Crippen molar-refractivity contribution in [3.05, 3.63) is 29.8 Å². The van der Waals surface area contributed by atoms with Crippen LogP contribution < -0.4 is 10.1 Å². The van der Waals surface area contributed by atoms with Crippen LogP contribution in [0.1, 0.15) is 39.4 Å². The third kappa shape index (κ3) is 6.76. The zero-order chi connectivity index (χ0) is 16.0. The Morgan fingerprint density at radius 1 is 1.24 bits per heavy atom. The van der Waals surface area contributed by atoms with Crippen molar-refractivity contribution in [2.75, 3.05) is 6.54 Å². The number of aliphatic hydroxyl groups is 1. The van der Waals surface area contributed by atoms with Crippen LogP contribution >= 0.6 is 0 Å². The van der Waals surface area contributed by atoms with Gasteiger partial charge in [0.25, 0.3) is 0 Å². The quantitative estimate of drug-likeness (QED) is 0.657. The number of benzene rings is 1. The van der Waals surface area contributed by atoms with Gasteiger partial charge in [-0.2, -0.15) is 0 Å². The minimum absolute atomic E-state index is 0.0296. The molecule has 21 heavy (non-hydrogen) atoms. The summed E-state index contributed by atoms with van der Waals surface area (Å²) in [6.45, 7) is 6.62. The summed E-state index contributed by atoms with van der Waals surface area (Å²) >= 11 is 0. The molecular weight excluding hydrogens is 274 g/mol. The molecule has 1 aromatic carbocycles. The van der Waals surface area contributed by atoms with Gasteiger partial charge in [0.2, 0.25) is 0 Å². The van der Waals surface area contributed by atoms with Crippen molar-refractivity contribution >= 4 is 12.1 Å². The highest BCUT2D eigenvalue weighted by atomic mass is 16.6. The summed E-state index contributed by atoms with van der Waals surface area (Å²) in [5.41, 5.74) is 0.0164. The average molecular weight is 295 g/mol. The number of hydrogen-bond donors (Lipinski definition) is 2. The van der Waals surface area contributed by atoms with Crippen molar-refractivity contribution < 1.29 is 24.2 Å². The van der Waals surface area contributed by atoms with Gasteiger partial charge in [0.1, 0.15) is 11.4 Å². The highest BCUT2D eigenvalue weighted by Gasteiger charge is 2.17. The Morgan fingerprint density at radius 2 is 1.81 bits per heavy atom. The van der Waals surface area contributed by atoms with Crippen LogP contribution in [-0.2, 0) is 9.53 Å². The van der Waals surface area contributed by atoms with Gasteiger partial charge in [-0.15, -0.1) is 0 Å². The highest BCUT2D eigenvalue weighted by molar-refractivity contribution is 5.69. The van der Waals surface area contributed by atoms with Crippen molar-refractivity contribution in [1.82, 2.24) is 5.32 Å². The zero-order valence-electron chi connectivity index (χ0n) is 12.7. The Balaban J connectivity index is 2.50. The summed E-state index contributed by atoms with van der Waals surface area (Å²) in [6, 6.07) is 6.40. The highest BCUT2D eigenvalue weighted by Crippen LogP contribution is 2.17. The van der Waals surface area contributed by atoms with Crippen LogP contribution in [-0.4, -0.2) is 29.3 Å². The Bertz CT molecular complexity index is 490. The Labute approximate surface area is 124 Å². The smallest absolute Gasteiger partial charge is 0.407 e. The molecule has 1 atom stereocenters. The number of amides is 1. The molecule has 0 aliphatic rings. The molecule has 0 heterocycles. The van der Waals surface area contributed by atoms with Crippen LogP contribution in [0.2, 0.25) is 0 Å². The average Bonchev–Trinajstić information content (AvgIpc) is 2.34. The number of nitrogens with one attached hydrogen (secondary N) is 1. The predicted molar refractivity (Wildman–Crippen MR) is 76.9 cm³/mol. The number of ether oxygens (including phenoxy) is 2. The number of carbonyl (C=O) groups is 2. The summed E-state index contributed by atoms with van der Waals surface area (Å²) in [4.78, 5) is 22.3. The summed E-state index contributed by atoms with van der Waals surface area (Å²) in [6.07, 6.45) is -1.46. The molecule has 1 rings (SSSR count). The number of aliphatic hydroxyl groups excluding tert-OH is 1. The second kappa shape index (κ2) is 7.08. The maximum atomic E-state index is 11.5. The molecule has 0 aliphatic carbocycles. The molecule has 1 aromatic rings.